The van der Waals surface area contributed by atoms with Gasteiger partial charge >= 0.3 is 5.97 Å². The van der Waals surface area contributed by atoms with Gasteiger partial charge in [0.15, 0.2) is 0 Å². The number of hydrogen-bond donors (Lipinski definition) is 1. The van der Waals surface area contributed by atoms with E-state index in [1.807, 2.05) is 30.3 Å². The Hall–Kier alpha value is -2.56. The molecule has 0 radical (unpaired) electrons. The van der Waals surface area contributed by atoms with Crippen LogP contribution in [0.2, 0.25) is 0 Å². The minimum absolute atomic E-state index is 0.0319. The van der Waals surface area contributed by atoms with Gasteiger partial charge in [-0.15, -0.1) is 0 Å². The molecule has 2 fully saturated rings. The number of aliphatic carboxylic acids is 1. The van der Waals surface area contributed by atoms with E-state index in [1.54, 1.807) is 20.1 Å². The van der Waals surface area contributed by atoms with Gasteiger partial charge in [-0.05, 0) is 72.4 Å². The molecule has 2 aliphatic carbocycles. The van der Waals surface area contributed by atoms with Crippen LogP contribution in [0.25, 0.3) is 0 Å². The van der Waals surface area contributed by atoms with Crippen LogP contribution < -0.4 is 9.47 Å². The fourth-order valence-electron chi connectivity index (χ4n) is 4.35. The molecule has 4 nitrogen and oxygen atoms in total. The smallest absolute Gasteiger partial charge is 0.306 e. The summed E-state index contributed by atoms with van der Waals surface area (Å²) in [5.41, 5.74) is 2.00. The van der Waals surface area contributed by atoms with Gasteiger partial charge in [0.2, 0.25) is 0 Å². The summed E-state index contributed by atoms with van der Waals surface area (Å²) in [4.78, 5) is 11.5. The van der Waals surface area contributed by atoms with Gasteiger partial charge < -0.3 is 14.6 Å². The molecule has 29 heavy (non-hydrogen) atoms. The van der Waals surface area contributed by atoms with Crippen LogP contribution in [0.3, 0.4) is 0 Å². The van der Waals surface area contributed by atoms with Crippen LogP contribution in [0, 0.1) is 23.6 Å². The van der Waals surface area contributed by atoms with Gasteiger partial charge in [0.05, 0.1) is 19.6 Å². The van der Waals surface area contributed by atoms with Gasteiger partial charge in [-0.25, -0.2) is 4.39 Å². The third-order valence-corrected chi connectivity index (χ3v) is 6.25. The Morgan fingerprint density at radius 2 is 2.00 bits per heavy atom. The second-order valence-electron chi connectivity index (χ2n) is 8.40. The van der Waals surface area contributed by atoms with Crippen LogP contribution in [-0.2, 0) is 4.79 Å². The third kappa shape index (κ3) is 4.55. The first-order valence-electron chi connectivity index (χ1n) is 10.3. The summed E-state index contributed by atoms with van der Waals surface area (Å²) >= 11 is 0. The van der Waals surface area contributed by atoms with E-state index >= 15 is 0 Å². The second-order valence-corrected chi connectivity index (χ2v) is 8.40. The lowest BCUT2D eigenvalue weighted by Crippen LogP contribution is -2.20. The zero-order chi connectivity index (χ0) is 20.5. The molecule has 2 aromatic rings. The Morgan fingerprint density at radius 1 is 1.21 bits per heavy atom. The van der Waals surface area contributed by atoms with Crippen LogP contribution in [0.15, 0.2) is 42.5 Å². The molecule has 0 saturated heterocycles. The Labute approximate surface area is 170 Å². The first-order chi connectivity index (χ1) is 14.0. The van der Waals surface area contributed by atoms with E-state index in [4.69, 9.17) is 9.47 Å². The Kier molecular flexibility index (Phi) is 5.48. The van der Waals surface area contributed by atoms with Crippen LogP contribution in [0.4, 0.5) is 4.39 Å². The van der Waals surface area contributed by atoms with Crippen molar-refractivity contribution in [2.24, 2.45) is 17.8 Å². The number of benzene rings is 2. The van der Waals surface area contributed by atoms with E-state index < -0.39 is 11.9 Å². The maximum Gasteiger partial charge on any atom is 0.306 e. The highest BCUT2D eigenvalue weighted by Crippen LogP contribution is 2.49. The molecule has 0 spiro atoms. The van der Waals surface area contributed by atoms with Crippen molar-refractivity contribution in [1.82, 2.24) is 0 Å². The van der Waals surface area contributed by atoms with E-state index in [1.165, 1.54) is 6.07 Å². The SMILES string of the molecule is COc1cc(F)cc([C@H]2C[C@@H]2COc2cccc(C(C3CC3)[C@H](C)C(=O)O)c2)c1. The zero-order valence-corrected chi connectivity index (χ0v) is 16.8. The summed E-state index contributed by atoms with van der Waals surface area (Å²) in [6, 6.07) is 12.7. The van der Waals surface area contributed by atoms with Crippen molar-refractivity contribution in [2.45, 2.75) is 38.0 Å². The molecule has 2 saturated carbocycles. The monoisotopic (exact) mass is 398 g/mol. The summed E-state index contributed by atoms with van der Waals surface area (Å²) < 4.78 is 24.9. The largest absolute Gasteiger partial charge is 0.497 e. The Balaban J connectivity index is 1.39. The molecule has 0 heterocycles. The number of ether oxygens (including phenoxy) is 2. The molecule has 2 aromatic carbocycles. The predicted octanol–water partition coefficient (Wildman–Crippen LogP) is 5.23. The van der Waals surface area contributed by atoms with Crippen molar-refractivity contribution in [2.75, 3.05) is 13.7 Å². The van der Waals surface area contributed by atoms with Crippen LogP contribution >= 0.6 is 0 Å². The molecule has 0 bridgehead atoms. The first kappa shape index (κ1) is 19.7. The van der Waals surface area contributed by atoms with E-state index in [9.17, 15) is 14.3 Å². The van der Waals surface area contributed by atoms with Gasteiger partial charge in [0.1, 0.15) is 17.3 Å². The van der Waals surface area contributed by atoms with Crippen molar-refractivity contribution < 1.29 is 23.8 Å². The van der Waals surface area contributed by atoms with Gasteiger partial charge in [0.25, 0.3) is 0 Å². The van der Waals surface area contributed by atoms with Crippen LogP contribution in [0.5, 0.6) is 11.5 Å². The minimum atomic E-state index is -0.750. The number of methoxy groups -OCH3 is 1. The molecule has 0 aromatic heterocycles. The quantitative estimate of drug-likeness (QED) is 0.628. The normalized spacial score (nSPS) is 22.6. The molecule has 154 valence electrons. The maximum absolute atomic E-state index is 13.7. The standard InChI is InChI=1S/C24H27FO4/c1-14(24(26)27)23(15-6-7-15)16-4-3-5-20(9-16)29-13-18-11-22(18)17-8-19(25)12-21(10-17)28-2/h3-5,8-10,12,14-15,18,22-23H,6-7,11,13H2,1-2H3,(H,26,27)/t14-,18+,22+,23?/m0/s1. The number of carboxylic acids is 1. The molecule has 1 N–H and O–H groups in total. The van der Waals surface area contributed by atoms with E-state index in [-0.39, 0.29) is 17.7 Å². The molecule has 2 aliphatic rings. The van der Waals surface area contributed by atoms with Crippen molar-refractivity contribution >= 4 is 5.97 Å². The van der Waals surface area contributed by atoms with Gasteiger partial charge in [-0.2, -0.15) is 0 Å². The number of hydrogen-bond acceptors (Lipinski definition) is 3. The van der Waals surface area contributed by atoms with Crippen molar-refractivity contribution in [3.05, 3.63) is 59.4 Å². The zero-order valence-electron chi connectivity index (χ0n) is 16.8. The highest BCUT2D eigenvalue weighted by molar-refractivity contribution is 5.71. The Bertz CT molecular complexity index is 892. The average molecular weight is 398 g/mol. The summed E-state index contributed by atoms with van der Waals surface area (Å²) in [6.45, 7) is 2.36. The topological polar surface area (TPSA) is 55.8 Å². The summed E-state index contributed by atoms with van der Waals surface area (Å²) in [7, 11) is 1.54. The molecule has 4 atom stereocenters. The molecule has 0 aliphatic heterocycles. The highest BCUT2D eigenvalue weighted by Gasteiger charge is 2.40. The fourth-order valence-corrected chi connectivity index (χ4v) is 4.35. The van der Waals surface area contributed by atoms with Crippen molar-refractivity contribution in [3.63, 3.8) is 0 Å². The lowest BCUT2D eigenvalue weighted by atomic mass is 9.83. The number of carbonyl (C=O) groups is 1. The molecule has 1 unspecified atom stereocenters. The molecular formula is C24H27FO4. The van der Waals surface area contributed by atoms with Gasteiger partial charge in [-0.1, -0.05) is 19.1 Å². The number of halogens is 1. The molecular weight excluding hydrogens is 371 g/mol. The minimum Gasteiger partial charge on any atom is -0.497 e. The summed E-state index contributed by atoms with van der Waals surface area (Å²) in [5.74, 6) is 0.990. The predicted molar refractivity (Wildman–Crippen MR) is 108 cm³/mol. The fraction of sp³-hybridized carbons (Fsp3) is 0.458. The highest BCUT2D eigenvalue weighted by atomic mass is 19.1. The molecule has 0 amide bonds. The first-order valence-corrected chi connectivity index (χ1v) is 10.3. The summed E-state index contributed by atoms with van der Waals surface area (Å²) in [5, 5.41) is 9.47. The van der Waals surface area contributed by atoms with Crippen LogP contribution in [0.1, 0.15) is 49.1 Å². The van der Waals surface area contributed by atoms with E-state index in [0.29, 0.717) is 24.2 Å². The van der Waals surface area contributed by atoms with E-state index in [0.717, 1.165) is 36.1 Å². The number of rotatable bonds is 9. The lowest BCUT2D eigenvalue weighted by molar-refractivity contribution is -0.142. The summed E-state index contributed by atoms with van der Waals surface area (Å²) in [6.07, 6.45) is 3.15. The third-order valence-electron chi connectivity index (χ3n) is 6.25. The van der Waals surface area contributed by atoms with Crippen molar-refractivity contribution in [1.29, 1.82) is 0 Å². The lowest BCUT2D eigenvalue weighted by Gasteiger charge is -2.21. The van der Waals surface area contributed by atoms with Gasteiger partial charge in [0, 0.05) is 12.0 Å². The second kappa shape index (κ2) is 8.05. The molecule has 5 heteroatoms. The van der Waals surface area contributed by atoms with Crippen LogP contribution in [-0.4, -0.2) is 24.8 Å². The average Bonchev–Trinajstić information content (AvgIpc) is 3.61. The van der Waals surface area contributed by atoms with Crippen molar-refractivity contribution in [3.8, 4) is 11.5 Å². The van der Waals surface area contributed by atoms with E-state index in [2.05, 4.69) is 0 Å². The maximum atomic E-state index is 13.7. The Morgan fingerprint density at radius 3 is 2.69 bits per heavy atom. The molecule has 4 rings (SSSR count). The number of carboxylic acid groups (broad SMARTS) is 1. The van der Waals surface area contributed by atoms with Gasteiger partial charge in [-0.3, -0.25) is 4.79 Å².